The van der Waals surface area contributed by atoms with Gasteiger partial charge in [0.1, 0.15) is 11.2 Å². The molecule has 0 amide bonds. The van der Waals surface area contributed by atoms with Gasteiger partial charge in [-0.1, -0.05) is 0 Å². The Morgan fingerprint density at radius 3 is 2.60 bits per heavy atom. The highest BCUT2D eigenvalue weighted by Crippen LogP contribution is 2.23. The Kier molecular flexibility index (Phi) is 3.09. The average Bonchev–Trinajstić information content (AvgIpc) is 2.86. The van der Waals surface area contributed by atoms with Crippen LogP contribution in [0, 0.1) is 0 Å². The second-order valence-corrected chi connectivity index (χ2v) is 4.89. The van der Waals surface area contributed by atoms with E-state index in [9.17, 15) is 9.59 Å². The zero-order valence-corrected chi connectivity index (χ0v) is 11.6. The minimum atomic E-state index is -0.435. The molecule has 8 nitrogen and oxygen atoms in total. The summed E-state index contributed by atoms with van der Waals surface area (Å²) in [6.07, 6.45) is 0. The second kappa shape index (κ2) is 4.78. The summed E-state index contributed by atoms with van der Waals surface area (Å²) < 4.78 is 3.18. The second-order valence-electron chi connectivity index (χ2n) is 4.89. The summed E-state index contributed by atoms with van der Waals surface area (Å²) in [6.45, 7) is 6.03. The third kappa shape index (κ3) is 1.83. The van der Waals surface area contributed by atoms with Gasteiger partial charge in [-0.25, -0.2) is 9.48 Å². The Hall–Kier alpha value is -2.09. The Labute approximate surface area is 115 Å². The van der Waals surface area contributed by atoms with E-state index in [1.165, 1.54) is 4.57 Å². The van der Waals surface area contributed by atoms with Gasteiger partial charge in [-0.2, -0.15) is 5.10 Å². The number of fused-ring (bicyclic) bond motifs is 1. The first-order chi connectivity index (χ1) is 9.63. The number of aromatic nitrogens is 4. The van der Waals surface area contributed by atoms with Gasteiger partial charge < -0.3 is 10.2 Å². The summed E-state index contributed by atoms with van der Waals surface area (Å²) >= 11 is 0. The molecule has 2 aromatic heterocycles. The molecule has 0 aromatic carbocycles. The fourth-order valence-electron chi connectivity index (χ4n) is 2.64. The van der Waals surface area contributed by atoms with Gasteiger partial charge in [0.2, 0.25) is 0 Å². The minimum absolute atomic E-state index is 0.365. The molecule has 1 saturated heterocycles. The van der Waals surface area contributed by atoms with Crippen molar-refractivity contribution in [2.45, 2.75) is 13.5 Å². The van der Waals surface area contributed by atoms with Crippen LogP contribution in [-0.2, 0) is 13.6 Å². The number of aromatic amines is 1. The lowest BCUT2D eigenvalue weighted by molar-refractivity contribution is 0.561. The highest BCUT2D eigenvalue weighted by atomic mass is 16.2. The maximum Gasteiger partial charge on any atom is 0.329 e. The summed E-state index contributed by atoms with van der Waals surface area (Å²) in [5.41, 5.74) is -0.361. The van der Waals surface area contributed by atoms with Crippen LogP contribution >= 0.6 is 0 Å². The number of rotatable bonds is 2. The number of nitrogens with zero attached hydrogens (tertiary/aromatic N) is 4. The molecule has 1 fully saturated rings. The van der Waals surface area contributed by atoms with E-state index >= 15 is 0 Å². The normalized spacial score (nSPS) is 16.0. The number of aryl methyl sites for hydroxylation is 2. The van der Waals surface area contributed by atoms with Gasteiger partial charge in [0.05, 0.1) is 0 Å². The molecule has 0 atom stereocenters. The van der Waals surface area contributed by atoms with Gasteiger partial charge in [0.25, 0.3) is 5.56 Å². The summed E-state index contributed by atoms with van der Waals surface area (Å²) in [4.78, 5) is 28.4. The predicted octanol–water partition coefficient (Wildman–Crippen LogP) is -1.15. The molecule has 2 N–H and O–H groups in total. The van der Waals surface area contributed by atoms with Gasteiger partial charge in [-0.3, -0.25) is 14.3 Å². The fraction of sp³-hybridized carbons (Fsp3) is 0.583. The average molecular weight is 278 g/mol. The first-order valence-electron chi connectivity index (χ1n) is 6.79. The largest absolute Gasteiger partial charge is 0.354 e. The Morgan fingerprint density at radius 2 is 1.95 bits per heavy atom. The van der Waals surface area contributed by atoms with Gasteiger partial charge in [0.15, 0.2) is 5.65 Å². The molecule has 8 heteroatoms. The van der Waals surface area contributed by atoms with Gasteiger partial charge in [0, 0.05) is 39.8 Å². The van der Waals surface area contributed by atoms with Crippen molar-refractivity contribution in [1.29, 1.82) is 0 Å². The summed E-state index contributed by atoms with van der Waals surface area (Å²) in [6, 6.07) is 0. The molecule has 108 valence electrons. The van der Waals surface area contributed by atoms with Crippen molar-refractivity contribution < 1.29 is 0 Å². The number of anilines is 1. The van der Waals surface area contributed by atoms with Crippen LogP contribution in [0.5, 0.6) is 0 Å². The summed E-state index contributed by atoms with van der Waals surface area (Å²) in [7, 11) is 1.62. The Morgan fingerprint density at radius 1 is 1.25 bits per heavy atom. The van der Waals surface area contributed by atoms with Crippen LogP contribution in [0.2, 0.25) is 0 Å². The molecule has 0 bridgehead atoms. The SMILES string of the molecule is CCn1nc2c(c1N1CCNCC1)c(=O)[nH]c(=O)n2C. The quantitative estimate of drug-likeness (QED) is 0.724. The molecule has 0 saturated carbocycles. The smallest absolute Gasteiger partial charge is 0.329 e. The van der Waals surface area contributed by atoms with E-state index in [0.29, 0.717) is 17.6 Å². The van der Waals surface area contributed by atoms with Crippen molar-refractivity contribution in [3.63, 3.8) is 0 Å². The lowest BCUT2D eigenvalue weighted by atomic mass is 10.3. The third-order valence-electron chi connectivity index (χ3n) is 3.69. The predicted molar refractivity (Wildman–Crippen MR) is 76.4 cm³/mol. The van der Waals surface area contributed by atoms with E-state index in [-0.39, 0.29) is 5.56 Å². The monoisotopic (exact) mass is 278 g/mol. The number of nitrogens with one attached hydrogen (secondary N) is 2. The third-order valence-corrected chi connectivity index (χ3v) is 3.69. The Balaban J connectivity index is 2.31. The number of hydrogen-bond donors (Lipinski definition) is 2. The summed E-state index contributed by atoms with van der Waals surface area (Å²) in [5.74, 6) is 0.806. The van der Waals surface area contributed by atoms with Gasteiger partial charge >= 0.3 is 5.69 Å². The molecule has 0 radical (unpaired) electrons. The van der Waals surface area contributed by atoms with Crippen LogP contribution in [0.25, 0.3) is 11.0 Å². The number of hydrogen-bond acceptors (Lipinski definition) is 5. The first-order valence-corrected chi connectivity index (χ1v) is 6.79. The molecule has 1 aliphatic heterocycles. The van der Waals surface area contributed by atoms with Crippen LogP contribution in [-0.4, -0.2) is 45.5 Å². The van der Waals surface area contributed by atoms with Gasteiger partial charge in [-0.15, -0.1) is 0 Å². The maximum atomic E-state index is 12.2. The van der Waals surface area contributed by atoms with Crippen molar-refractivity contribution in [3.8, 4) is 0 Å². The lowest BCUT2D eigenvalue weighted by Crippen LogP contribution is -2.44. The topological polar surface area (TPSA) is 88.0 Å². The van der Waals surface area contributed by atoms with Crippen LogP contribution in [0.3, 0.4) is 0 Å². The van der Waals surface area contributed by atoms with Crippen molar-refractivity contribution in [3.05, 3.63) is 20.8 Å². The molecule has 0 aliphatic carbocycles. The molecule has 3 rings (SSSR count). The van der Waals surface area contributed by atoms with E-state index < -0.39 is 5.69 Å². The molecular formula is C12H18N6O2. The minimum Gasteiger partial charge on any atom is -0.354 e. The lowest BCUT2D eigenvalue weighted by Gasteiger charge is -2.29. The molecule has 2 aromatic rings. The first kappa shape index (κ1) is 12.9. The van der Waals surface area contributed by atoms with E-state index in [4.69, 9.17) is 0 Å². The zero-order chi connectivity index (χ0) is 14.3. The highest BCUT2D eigenvalue weighted by molar-refractivity contribution is 5.87. The zero-order valence-electron chi connectivity index (χ0n) is 11.6. The molecular weight excluding hydrogens is 260 g/mol. The van der Waals surface area contributed by atoms with Crippen LogP contribution in [0.4, 0.5) is 5.82 Å². The van der Waals surface area contributed by atoms with Crippen molar-refractivity contribution in [2.24, 2.45) is 7.05 Å². The molecule has 0 spiro atoms. The fourth-order valence-corrected chi connectivity index (χ4v) is 2.64. The van der Waals surface area contributed by atoms with Gasteiger partial charge in [-0.05, 0) is 6.92 Å². The molecule has 20 heavy (non-hydrogen) atoms. The summed E-state index contributed by atoms with van der Waals surface area (Å²) in [5, 5.41) is 8.21. The van der Waals surface area contributed by atoms with E-state index in [2.05, 4.69) is 20.3 Å². The molecule has 3 heterocycles. The molecule has 1 aliphatic rings. The van der Waals surface area contributed by atoms with Crippen LogP contribution in [0.15, 0.2) is 9.59 Å². The van der Waals surface area contributed by atoms with Crippen molar-refractivity contribution in [2.75, 3.05) is 31.1 Å². The molecule has 0 unspecified atom stereocenters. The van der Waals surface area contributed by atoms with Crippen molar-refractivity contribution >= 4 is 16.9 Å². The van der Waals surface area contributed by atoms with Crippen LogP contribution < -0.4 is 21.5 Å². The van der Waals surface area contributed by atoms with E-state index in [0.717, 1.165) is 32.0 Å². The number of piperazine rings is 1. The van der Waals surface area contributed by atoms with Crippen molar-refractivity contribution in [1.82, 2.24) is 24.6 Å². The Bertz CT molecular complexity index is 750. The van der Waals surface area contributed by atoms with E-state index in [1.54, 1.807) is 11.7 Å². The standard InChI is InChI=1S/C12H18N6O2/c1-3-18-11(17-6-4-13-5-7-17)8-9(15-18)16(2)12(20)14-10(8)19/h13H,3-7H2,1-2H3,(H,14,19,20). The van der Waals surface area contributed by atoms with E-state index in [1.807, 2.05) is 6.92 Å². The maximum absolute atomic E-state index is 12.2. The number of H-pyrrole nitrogens is 1. The van der Waals surface area contributed by atoms with Crippen LogP contribution in [0.1, 0.15) is 6.92 Å². The highest BCUT2D eigenvalue weighted by Gasteiger charge is 2.23.